The molecule has 0 saturated carbocycles. The van der Waals surface area contributed by atoms with Gasteiger partial charge in [-0.3, -0.25) is 4.40 Å². The van der Waals surface area contributed by atoms with Crippen molar-refractivity contribution in [2.75, 3.05) is 5.32 Å². The molecule has 94 valence electrons. The van der Waals surface area contributed by atoms with Crippen molar-refractivity contribution in [3.05, 3.63) is 51.7 Å². The first kappa shape index (κ1) is 12.2. The molecule has 0 amide bonds. The molecule has 0 unspecified atom stereocenters. The largest absolute Gasteiger partial charge is 0.378 e. The fraction of sp³-hybridized carbons (Fsp3) is 0.0769. The van der Waals surface area contributed by atoms with E-state index >= 15 is 0 Å². The normalized spacial score (nSPS) is 10.5. The van der Waals surface area contributed by atoms with Crippen LogP contribution in [0.25, 0.3) is 4.96 Å². The van der Waals surface area contributed by atoms with Gasteiger partial charge in [-0.15, -0.1) is 11.3 Å². The molecule has 0 atom stereocenters. The molecule has 3 aromatic rings. The van der Waals surface area contributed by atoms with Crippen LogP contribution < -0.4 is 5.32 Å². The van der Waals surface area contributed by atoms with Crippen LogP contribution >= 0.6 is 27.3 Å². The van der Waals surface area contributed by atoms with Gasteiger partial charge < -0.3 is 5.32 Å². The Hall–Kier alpha value is -1.84. The Bertz CT molecular complexity index is 740. The first-order valence-corrected chi connectivity index (χ1v) is 7.28. The predicted octanol–water partition coefficient (Wildman–Crippen LogP) is 3.64. The third-order valence-corrected chi connectivity index (χ3v) is 4.13. The Morgan fingerprint density at radius 2 is 2.37 bits per heavy atom. The Balaban J connectivity index is 1.75. The fourth-order valence-corrected chi connectivity index (χ4v) is 3.01. The molecule has 1 N–H and O–H groups in total. The van der Waals surface area contributed by atoms with Crippen molar-refractivity contribution in [1.29, 1.82) is 5.26 Å². The lowest BCUT2D eigenvalue weighted by Crippen LogP contribution is -2.00. The van der Waals surface area contributed by atoms with Crippen LogP contribution in [-0.4, -0.2) is 9.38 Å². The van der Waals surface area contributed by atoms with Gasteiger partial charge in [-0.25, -0.2) is 4.98 Å². The van der Waals surface area contributed by atoms with Crippen molar-refractivity contribution in [2.24, 2.45) is 0 Å². The number of hydrogen-bond donors (Lipinski definition) is 1. The Morgan fingerprint density at radius 1 is 1.47 bits per heavy atom. The van der Waals surface area contributed by atoms with Gasteiger partial charge in [0.05, 0.1) is 23.9 Å². The summed E-state index contributed by atoms with van der Waals surface area (Å²) in [6.45, 7) is 0.652. The van der Waals surface area contributed by atoms with E-state index in [2.05, 4.69) is 32.3 Å². The second kappa shape index (κ2) is 5.03. The highest BCUT2D eigenvalue weighted by molar-refractivity contribution is 9.10. The number of aromatic nitrogens is 2. The van der Waals surface area contributed by atoms with E-state index in [1.54, 1.807) is 23.5 Å². The quantitative estimate of drug-likeness (QED) is 0.796. The van der Waals surface area contributed by atoms with E-state index in [1.807, 2.05) is 28.2 Å². The van der Waals surface area contributed by atoms with Gasteiger partial charge in [-0.1, -0.05) is 0 Å². The molecule has 0 saturated heterocycles. The number of halogens is 1. The van der Waals surface area contributed by atoms with Crippen molar-refractivity contribution in [1.82, 2.24) is 9.38 Å². The Labute approximate surface area is 122 Å². The highest BCUT2D eigenvalue weighted by Crippen LogP contribution is 2.24. The van der Waals surface area contributed by atoms with Crippen LogP contribution in [0.5, 0.6) is 0 Å². The smallest absolute Gasteiger partial charge is 0.193 e. The second-order valence-electron chi connectivity index (χ2n) is 3.99. The molecular weight excluding hydrogens is 324 g/mol. The van der Waals surface area contributed by atoms with Gasteiger partial charge in [-0.05, 0) is 34.1 Å². The number of nitriles is 1. The predicted molar refractivity (Wildman–Crippen MR) is 79.3 cm³/mol. The molecule has 1 aromatic carbocycles. The van der Waals surface area contributed by atoms with E-state index in [4.69, 9.17) is 5.26 Å². The van der Waals surface area contributed by atoms with Gasteiger partial charge in [0.2, 0.25) is 0 Å². The Kier molecular flexibility index (Phi) is 3.23. The number of nitrogens with one attached hydrogen (secondary N) is 1. The highest BCUT2D eigenvalue weighted by Gasteiger charge is 2.04. The van der Waals surface area contributed by atoms with Crippen molar-refractivity contribution in [3.63, 3.8) is 0 Å². The van der Waals surface area contributed by atoms with Crippen LogP contribution in [0.1, 0.15) is 11.3 Å². The molecule has 6 heteroatoms. The van der Waals surface area contributed by atoms with Crippen molar-refractivity contribution < 1.29 is 0 Å². The maximum atomic E-state index is 8.81. The fourth-order valence-electron chi connectivity index (χ4n) is 1.78. The van der Waals surface area contributed by atoms with E-state index in [0.717, 1.165) is 20.8 Å². The van der Waals surface area contributed by atoms with Gasteiger partial charge in [-0.2, -0.15) is 5.26 Å². The molecule has 0 fully saturated rings. The average Bonchev–Trinajstić information content (AvgIpc) is 2.98. The minimum atomic E-state index is 0.639. The lowest BCUT2D eigenvalue weighted by atomic mass is 10.2. The summed E-state index contributed by atoms with van der Waals surface area (Å²) in [6.07, 6.45) is 4.00. The molecule has 0 radical (unpaired) electrons. The highest BCUT2D eigenvalue weighted by atomic mass is 79.9. The summed E-state index contributed by atoms with van der Waals surface area (Å²) in [5.74, 6) is 0. The zero-order valence-electron chi connectivity index (χ0n) is 9.80. The van der Waals surface area contributed by atoms with E-state index < -0.39 is 0 Å². The summed E-state index contributed by atoms with van der Waals surface area (Å²) in [6, 6.07) is 7.59. The summed E-state index contributed by atoms with van der Waals surface area (Å²) in [7, 11) is 0. The minimum absolute atomic E-state index is 0.639. The van der Waals surface area contributed by atoms with Gasteiger partial charge in [0.15, 0.2) is 4.96 Å². The maximum absolute atomic E-state index is 8.81. The molecule has 2 heterocycles. The molecule has 0 aliphatic rings. The molecule has 2 aromatic heterocycles. The average molecular weight is 333 g/mol. The monoisotopic (exact) mass is 332 g/mol. The van der Waals surface area contributed by atoms with Crippen LogP contribution in [0.2, 0.25) is 0 Å². The maximum Gasteiger partial charge on any atom is 0.193 e. The Morgan fingerprint density at radius 3 is 3.11 bits per heavy atom. The van der Waals surface area contributed by atoms with Crippen molar-refractivity contribution in [3.8, 4) is 6.07 Å². The molecular formula is C13H9BrN4S. The first-order valence-electron chi connectivity index (χ1n) is 5.61. The third-order valence-electron chi connectivity index (χ3n) is 2.70. The summed E-state index contributed by atoms with van der Waals surface area (Å²) in [5.41, 5.74) is 2.58. The SMILES string of the molecule is N#Cc1ccc(NCc2cn3ccsc3n2)c(Br)c1. The van der Waals surface area contributed by atoms with Gasteiger partial charge in [0, 0.05) is 27.9 Å². The van der Waals surface area contributed by atoms with Crippen molar-refractivity contribution in [2.45, 2.75) is 6.54 Å². The van der Waals surface area contributed by atoms with Crippen LogP contribution in [-0.2, 0) is 6.54 Å². The number of thiazole rings is 1. The number of hydrogen-bond acceptors (Lipinski definition) is 4. The number of fused-ring (bicyclic) bond motifs is 1. The molecule has 3 rings (SSSR count). The topological polar surface area (TPSA) is 53.1 Å². The number of anilines is 1. The molecule has 0 aliphatic carbocycles. The van der Waals surface area contributed by atoms with Gasteiger partial charge in [0.25, 0.3) is 0 Å². The van der Waals surface area contributed by atoms with Crippen LogP contribution in [0, 0.1) is 11.3 Å². The second-order valence-corrected chi connectivity index (χ2v) is 5.71. The first-order chi connectivity index (χ1) is 9.26. The lowest BCUT2D eigenvalue weighted by Gasteiger charge is -2.06. The molecule has 4 nitrogen and oxygen atoms in total. The van der Waals surface area contributed by atoms with Gasteiger partial charge >= 0.3 is 0 Å². The zero-order valence-corrected chi connectivity index (χ0v) is 12.2. The van der Waals surface area contributed by atoms with E-state index in [-0.39, 0.29) is 0 Å². The van der Waals surface area contributed by atoms with Crippen LogP contribution in [0.3, 0.4) is 0 Å². The number of rotatable bonds is 3. The molecule has 0 spiro atoms. The molecule has 19 heavy (non-hydrogen) atoms. The van der Waals surface area contributed by atoms with E-state index in [9.17, 15) is 0 Å². The van der Waals surface area contributed by atoms with E-state index in [1.165, 1.54) is 0 Å². The van der Waals surface area contributed by atoms with Crippen LogP contribution in [0.4, 0.5) is 5.69 Å². The third kappa shape index (κ3) is 2.48. The molecule has 0 bridgehead atoms. The number of benzene rings is 1. The lowest BCUT2D eigenvalue weighted by molar-refractivity contribution is 1.08. The zero-order chi connectivity index (χ0) is 13.2. The number of imidazole rings is 1. The minimum Gasteiger partial charge on any atom is -0.378 e. The van der Waals surface area contributed by atoms with E-state index in [0.29, 0.717) is 12.1 Å². The van der Waals surface area contributed by atoms with Crippen LogP contribution in [0.15, 0.2) is 40.4 Å². The standard InChI is InChI=1S/C13H9BrN4S/c14-11-5-9(6-15)1-2-12(11)16-7-10-8-18-3-4-19-13(18)17-10/h1-5,8,16H,7H2. The van der Waals surface area contributed by atoms with Gasteiger partial charge in [0.1, 0.15) is 0 Å². The summed E-state index contributed by atoms with van der Waals surface area (Å²) in [4.78, 5) is 5.50. The summed E-state index contributed by atoms with van der Waals surface area (Å²) >= 11 is 5.07. The summed E-state index contributed by atoms with van der Waals surface area (Å²) < 4.78 is 2.89. The van der Waals surface area contributed by atoms with Crippen molar-refractivity contribution >= 4 is 37.9 Å². The molecule has 0 aliphatic heterocycles. The summed E-state index contributed by atoms with van der Waals surface area (Å²) in [5, 5.41) is 14.1. The number of nitrogens with zero attached hydrogens (tertiary/aromatic N) is 3.